The van der Waals surface area contributed by atoms with E-state index in [0.29, 0.717) is 6.04 Å². The largest absolute Gasteiger partial charge is 0.481 e. The highest BCUT2D eigenvalue weighted by atomic mass is 16.4. The van der Waals surface area contributed by atoms with Gasteiger partial charge in [0.15, 0.2) is 0 Å². The third-order valence-corrected chi connectivity index (χ3v) is 5.58. The Morgan fingerprint density at radius 2 is 1.76 bits per heavy atom. The van der Waals surface area contributed by atoms with Crippen LogP contribution in [0, 0.1) is 11.3 Å². The molecule has 2 saturated heterocycles. The normalized spacial score (nSPS) is 25.3. The van der Waals surface area contributed by atoms with Crippen LogP contribution in [0.1, 0.15) is 52.9 Å². The second-order valence-electron chi connectivity index (χ2n) is 7.40. The molecule has 4 nitrogen and oxygen atoms in total. The number of rotatable bonds is 5. The molecule has 0 amide bonds. The van der Waals surface area contributed by atoms with E-state index in [0.717, 1.165) is 38.3 Å². The monoisotopic (exact) mass is 296 g/mol. The van der Waals surface area contributed by atoms with Gasteiger partial charge in [0.05, 0.1) is 5.41 Å². The van der Waals surface area contributed by atoms with E-state index in [2.05, 4.69) is 23.6 Å². The molecule has 2 fully saturated rings. The number of carboxylic acids is 1. The van der Waals surface area contributed by atoms with Gasteiger partial charge in [-0.2, -0.15) is 0 Å². The average molecular weight is 296 g/mol. The average Bonchev–Trinajstić information content (AvgIpc) is 2.47. The lowest BCUT2D eigenvalue weighted by molar-refractivity contribution is -0.152. The lowest BCUT2D eigenvalue weighted by atomic mass is 9.76. The van der Waals surface area contributed by atoms with Gasteiger partial charge in [0.25, 0.3) is 0 Å². The first-order valence-electron chi connectivity index (χ1n) is 8.66. The molecule has 2 heterocycles. The Kier molecular flexibility index (Phi) is 5.67. The molecule has 0 saturated carbocycles. The van der Waals surface area contributed by atoms with Gasteiger partial charge in [-0.15, -0.1) is 0 Å². The zero-order valence-corrected chi connectivity index (χ0v) is 14.0. The predicted octanol–water partition coefficient (Wildman–Crippen LogP) is 2.68. The summed E-state index contributed by atoms with van der Waals surface area (Å²) >= 11 is 0. The van der Waals surface area contributed by atoms with Gasteiger partial charge in [-0.05, 0) is 64.2 Å². The molecule has 2 aliphatic heterocycles. The third-order valence-electron chi connectivity index (χ3n) is 5.58. The van der Waals surface area contributed by atoms with Crippen molar-refractivity contribution in [1.29, 1.82) is 0 Å². The van der Waals surface area contributed by atoms with Crippen LogP contribution in [0.25, 0.3) is 0 Å². The highest BCUT2D eigenvalue weighted by Gasteiger charge is 2.41. The minimum Gasteiger partial charge on any atom is -0.481 e. The molecular weight excluding hydrogens is 264 g/mol. The first-order valence-corrected chi connectivity index (χ1v) is 8.66. The predicted molar refractivity (Wildman–Crippen MR) is 85.5 cm³/mol. The first-order chi connectivity index (χ1) is 9.97. The molecule has 122 valence electrons. The minimum absolute atomic E-state index is 0.450. The molecule has 1 N–H and O–H groups in total. The molecule has 2 aliphatic rings. The lowest BCUT2D eigenvalue weighted by Gasteiger charge is -2.44. The van der Waals surface area contributed by atoms with Gasteiger partial charge >= 0.3 is 5.97 Å². The molecule has 0 aromatic heterocycles. The van der Waals surface area contributed by atoms with Crippen LogP contribution in [-0.4, -0.2) is 59.6 Å². The van der Waals surface area contributed by atoms with Gasteiger partial charge in [0, 0.05) is 12.6 Å². The fourth-order valence-electron chi connectivity index (χ4n) is 4.02. The van der Waals surface area contributed by atoms with E-state index >= 15 is 0 Å². The Morgan fingerprint density at radius 1 is 1.19 bits per heavy atom. The fourth-order valence-corrected chi connectivity index (χ4v) is 4.02. The van der Waals surface area contributed by atoms with E-state index < -0.39 is 11.4 Å². The summed E-state index contributed by atoms with van der Waals surface area (Å²) < 4.78 is 0. The van der Waals surface area contributed by atoms with Crippen LogP contribution in [0.4, 0.5) is 0 Å². The molecule has 4 heteroatoms. The highest BCUT2D eigenvalue weighted by Crippen LogP contribution is 2.36. The summed E-state index contributed by atoms with van der Waals surface area (Å²) in [6.07, 6.45) is 4.91. The number of carboxylic acid groups (broad SMARTS) is 1. The standard InChI is InChI=1S/C17H32N2O2/c1-4-17(16(20)21)7-11-19(12-8-17)15-5-9-18(10-6-15)13-14(2)3/h14-15H,4-13H2,1-3H3,(H,20,21). The van der Waals surface area contributed by atoms with Crippen LogP contribution in [0.2, 0.25) is 0 Å². The summed E-state index contributed by atoms with van der Waals surface area (Å²) in [4.78, 5) is 16.7. The van der Waals surface area contributed by atoms with Crippen LogP contribution >= 0.6 is 0 Å². The van der Waals surface area contributed by atoms with Crippen molar-refractivity contribution in [2.24, 2.45) is 11.3 Å². The lowest BCUT2D eigenvalue weighted by Crippen LogP contribution is -2.51. The quantitative estimate of drug-likeness (QED) is 0.847. The topological polar surface area (TPSA) is 43.8 Å². The van der Waals surface area contributed by atoms with E-state index in [1.807, 2.05) is 6.92 Å². The van der Waals surface area contributed by atoms with Crippen molar-refractivity contribution < 1.29 is 9.90 Å². The second-order valence-corrected chi connectivity index (χ2v) is 7.40. The van der Waals surface area contributed by atoms with Gasteiger partial charge in [0.2, 0.25) is 0 Å². The van der Waals surface area contributed by atoms with Gasteiger partial charge in [0.1, 0.15) is 0 Å². The maximum absolute atomic E-state index is 11.5. The number of likely N-dealkylation sites (tertiary alicyclic amines) is 2. The van der Waals surface area contributed by atoms with Crippen LogP contribution in [0.5, 0.6) is 0 Å². The summed E-state index contributed by atoms with van der Waals surface area (Å²) in [7, 11) is 0. The number of nitrogens with zero attached hydrogens (tertiary/aromatic N) is 2. The summed E-state index contributed by atoms with van der Waals surface area (Å²) in [5, 5.41) is 9.48. The van der Waals surface area contributed by atoms with Crippen molar-refractivity contribution in [3.05, 3.63) is 0 Å². The molecule has 0 aliphatic carbocycles. The van der Waals surface area contributed by atoms with Crippen LogP contribution in [-0.2, 0) is 4.79 Å². The maximum atomic E-state index is 11.5. The Balaban J connectivity index is 1.80. The smallest absolute Gasteiger partial charge is 0.309 e. The molecule has 0 radical (unpaired) electrons. The van der Waals surface area contributed by atoms with Crippen molar-refractivity contribution in [3.8, 4) is 0 Å². The molecule has 2 rings (SSSR count). The molecule has 0 unspecified atom stereocenters. The Morgan fingerprint density at radius 3 is 2.19 bits per heavy atom. The molecule has 0 aromatic rings. The molecule has 0 atom stereocenters. The van der Waals surface area contributed by atoms with E-state index in [-0.39, 0.29) is 0 Å². The number of aliphatic carboxylic acids is 1. The Bertz CT molecular complexity index is 341. The molecular formula is C17H32N2O2. The molecule has 0 aromatic carbocycles. The Hall–Kier alpha value is -0.610. The second kappa shape index (κ2) is 7.10. The van der Waals surface area contributed by atoms with Crippen molar-refractivity contribution in [2.45, 2.75) is 58.9 Å². The summed E-state index contributed by atoms with van der Waals surface area (Å²) in [6.45, 7) is 12.1. The molecule has 21 heavy (non-hydrogen) atoms. The van der Waals surface area contributed by atoms with Gasteiger partial charge in [-0.1, -0.05) is 20.8 Å². The zero-order valence-electron chi connectivity index (χ0n) is 14.0. The fraction of sp³-hybridized carbons (Fsp3) is 0.941. The maximum Gasteiger partial charge on any atom is 0.309 e. The van der Waals surface area contributed by atoms with Gasteiger partial charge < -0.3 is 14.9 Å². The van der Waals surface area contributed by atoms with E-state index in [9.17, 15) is 9.90 Å². The first kappa shape index (κ1) is 16.8. The van der Waals surface area contributed by atoms with Crippen LogP contribution < -0.4 is 0 Å². The summed E-state index contributed by atoms with van der Waals surface area (Å²) in [5.74, 6) is 0.161. The number of piperidine rings is 2. The minimum atomic E-state index is -0.587. The van der Waals surface area contributed by atoms with E-state index in [1.54, 1.807) is 0 Å². The van der Waals surface area contributed by atoms with E-state index in [4.69, 9.17) is 0 Å². The summed E-state index contributed by atoms with van der Waals surface area (Å²) in [6, 6.07) is 0.678. The highest BCUT2D eigenvalue weighted by molar-refractivity contribution is 5.74. The zero-order chi connectivity index (χ0) is 15.5. The van der Waals surface area contributed by atoms with Gasteiger partial charge in [-0.3, -0.25) is 4.79 Å². The van der Waals surface area contributed by atoms with Crippen LogP contribution in [0.3, 0.4) is 0 Å². The number of carbonyl (C=O) groups is 1. The van der Waals surface area contributed by atoms with Crippen molar-refractivity contribution in [3.63, 3.8) is 0 Å². The van der Waals surface area contributed by atoms with Gasteiger partial charge in [-0.25, -0.2) is 0 Å². The van der Waals surface area contributed by atoms with Crippen molar-refractivity contribution >= 4 is 5.97 Å². The summed E-state index contributed by atoms with van der Waals surface area (Å²) in [5.41, 5.74) is -0.450. The Labute approximate surface area is 129 Å². The van der Waals surface area contributed by atoms with Crippen molar-refractivity contribution in [2.75, 3.05) is 32.7 Å². The van der Waals surface area contributed by atoms with Crippen LogP contribution in [0.15, 0.2) is 0 Å². The van der Waals surface area contributed by atoms with Crippen molar-refractivity contribution in [1.82, 2.24) is 9.80 Å². The SMILES string of the molecule is CCC1(C(=O)O)CCN(C2CCN(CC(C)C)CC2)CC1. The molecule has 0 bridgehead atoms. The van der Waals surface area contributed by atoms with E-state index in [1.165, 1.54) is 32.5 Å². The molecule has 0 spiro atoms. The number of hydrogen-bond acceptors (Lipinski definition) is 3. The third kappa shape index (κ3) is 3.98. The number of hydrogen-bond donors (Lipinski definition) is 1.